The fourth-order valence-corrected chi connectivity index (χ4v) is 3.19. The molecule has 1 heterocycles. The van der Waals surface area contributed by atoms with Crippen molar-refractivity contribution in [2.24, 2.45) is 0 Å². The number of benzene rings is 2. The third-order valence-corrected chi connectivity index (χ3v) is 4.68. The molecule has 1 saturated heterocycles. The van der Waals surface area contributed by atoms with E-state index in [0.29, 0.717) is 0 Å². The maximum absolute atomic E-state index is 12.5. The van der Waals surface area contributed by atoms with E-state index >= 15 is 0 Å². The second-order valence-electron chi connectivity index (χ2n) is 5.97. The number of carbonyl (C=O) groups excluding carboxylic acids is 1. The average Bonchev–Trinajstić information content (AvgIpc) is 2.47. The van der Waals surface area contributed by atoms with Crippen molar-refractivity contribution in [3.63, 3.8) is 0 Å². The zero-order valence-corrected chi connectivity index (χ0v) is 14.9. The lowest BCUT2D eigenvalue weighted by molar-refractivity contribution is 0.0887. The maximum atomic E-state index is 12.5. The molecule has 5 heteroatoms. The van der Waals surface area contributed by atoms with E-state index in [1.54, 1.807) is 0 Å². The van der Waals surface area contributed by atoms with E-state index in [9.17, 15) is 4.79 Å². The fraction of sp³-hybridized carbons (Fsp3) is 0.353. The molecule has 0 aromatic heterocycles. The number of halogens is 2. The van der Waals surface area contributed by atoms with Crippen LogP contribution in [0.25, 0.3) is 10.8 Å². The minimum atomic E-state index is -0.100. The van der Waals surface area contributed by atoms with Crippen LogP contribution in [-0.4, -0.2) is 24.5 Å². The van der Waals surface area contributed by atoms with Crippen molar-refractivity contribution in [2.45, 2.75) is 25.3 Å². The number of fused-ring (bicyclic) bond motifs is 1. The monoisotopic (exact) mass is 382 g/mol. The van der Waals surface area contributed by atoms with Gasteiger partial charge in [-0.05, 0) is 67.9 Å². The standard InChI is InChI=1S/C17H19BrN2O.ClH/c1-17(6-8-19-9-7-17)20-16(21)14-3-2-13-11-15(18)5-4-12(13)10-14;/h2-5,10-11,19H,6-9H2,1H3,(H,20,21);1H. The second-order valence-corrected chi connectivity index (χ2v) is 6.89. The molecule has 2 aromatic rings. The van der Waals surface area contributed by atoms with Crippen LogP contribution in [0.1, 0.15) is 30.1 Å². The van der Waals surface area contributed by atoms with Crippen LogP contribution < -0.4 is 10.6 Å². The molecule has 0 bridgehead atoms. The van der Waals surface area contributed by atoms with Gasteiger partial charge in [0.25, 0.3) is 5.91 Å². The Morgan fingerprint density at radius 1 is 1.14 bits per heavy atom. The highest BCUT2D eigenvalue weighted by atomic mass is 79.9. The number of hydrogen-bond acceptors (Lipinski definition) is 2. The van der Waals surface area contributed by atoms with Crippen molar-refractivity contribution < 1.29 is 4.79 Å². The first-order valence-electron chi connectivity index (χ1n) is 7.28. The Morgan fingerprint density at radius 2 is 1.77 bits per heavy atom. The summed E-state index contributed by atoms with van der Waals surface area (Å²) in [6.45, 7) is 4.05. The van der Waals surface area contributed by atoms with Crippen LogP contribution in [0.4, 0.5) is 0 Å². The number of rotatable bonds is 2. The molecule has 0 atom stereocenters. The molecule has 3 rings (SSSR count). The molecule has 0 saturated carbocycles. The Hall–Kier alpha value is -1.10. The van der Waals surface area contributed by atoms with Gasteiger partial charge in [-0.1, -0.05) is 28.1 Å². The minimum Gasteiger partial charge on any atom is -0.347 e. The topological polar surface area (TPSA) is 41.1 Å². The van der Waals surface area contributed by atoms with Crippen LogP contribution in [0.2, 0.25) is 0 Å². The van der Waals surface area contributed by atoms with Crippen LogP contribution in [0.15, 0.2) is 40.9 Å². The van der Waals surface area contributed by atoms with Gasteiger partial charge < -0.3 is 10.6 Å². The van der Waals surface area contributed by atoms with Crippen molar-refractivity contribution in [3.05, 3.63) is 46.4 Å². The van der Waals surface area contributed by atoms with E-state index in [1.807, 2.05) is 30.3 Å². The highest BCUT2D eigenvalue weighted by Crippen LogP contribution is 2.22. The van der Waals surface area contributed by atoms with Crippen LogP contribution >= 0.6 is 28.3 Å². The number of piperidine rings is 1. The molecular weight excluding hydrogens is 364 g/mol. The molecule has 1 aliphatic heterocycles. The van der Waals surface area contributed by atoms with Gasteiger partial charge in [-0.15, -0.1) is 12.4 Å². The summed E-state index contributed by atoms with van der Waals surface area (Å²) in [5.41, 5.74) is 0.626. The molecule has 2 aromatic carbocycles. The number of hydrogen-bond donors (Lipinski definition) is 2. The zero-order valence-electron chi connectivity index (χ0n) is 12.5. The maximum Gasteiger partial charge on any atom is 0.251 e. The highest BCUT2D eigenvalue weighted by molar-refractivity contribution is 9.10. The Bertz CT molecular complexity index is 683. The van der Waals surface area contributed by atoms with E-state index in [2.05, 4.69) is 39.6 Å². The molecule has 0 radical (unpaired) electrons. The van der Waals surface area contributed by atoms with Crippen LogP contribution in [-0.2, 0) is 0 Å². The molecule has 1 fully saturated rings. The predicted molar refractivity (Wildman–Crippen MR) is 96.9 cm³/mol. The smallest absolute Gasteiger partial charge is 0.251 e. The number of nitrogens with one attached hydrogen (secondary N) is 2. The Morgan fingerprint density at radius 3 is 2.50 bits per heavy atom. The first kappa shape index (κ1) is 17.3. The third kappa shape index (κ3) is 3.80. The van der Waals surface area contributed by atoms with Crippen LogP contribution in [0.5, 0.6) is 0 Å². The van der Waals surface area contributed by atoms with Gasteiger partial charge in [0.1, 0.15) is 0 Å². The van der Waals surface area contributed by atoms with Gasteiger partial charge in [-0.2, -0.15) is 0 Å². The van der Waals surface area contributed by atoms with Crippen molar-refractivity contribution in [1.29, 1.82) is 0 Å². The summed E-state index contributed by atoms with van der Waals surface area (Å²) >= 11 is 3.47. The van der Waals surface area contributed by atoms with Gasteiger partial charge in [0.05, 0.1) is 0 Å². The van der Waals surface area contributed by atoms with E-state index in [1.165, 1.54) is 0 Å². The molecule has 0 aliphatic carbocycles. The van der Waals surface area contributed by atoms with E-state index < -0.39 is 0 Å². The van der Waals surface area contributed by atoms with Crippen molar-refractivity contribution in [1.82, 2.24) is 10.6 Å². The lowest BCUT2D eigenvalue weighted by Crippen LogP contribution is -2.52. The van der Waals surface area contributed by atoms with Gasteiger partial charge in [-0.3, -0.25) is 4.79 Å². The normalized spacial score (nSPS) is 16.8. The lowest BCUT2D eigenvalue weighted by atomic mass is 9.90. The molecule has 2 N–H and O–H groups in total. The summed E-state index contributed by atoms with van der Waals surface area (Å²) < 4.78 is 1.05. The molecule has 1 aliphatic rings. The van der Waals surface area contributed by atoms with Crippen LogP contribution in [0, 0.1) is 0 Å². The van der Waals surface area contributed by atoms with E-state index in [-0.39, 0.29) is 23.9 Å². The predicted octanol–water partition coefficient (Wildman–Crippen LogP) is 3.90. The second kappa shape index (κ2) is 6.99. The molecule has 0 spiro atoms. The molecule has 3 nitrogen and oxygen atoms in total. The van der Waals surface area contributed by atoms with Crippen molar-refractivity contribution in [3.8, 4) is 0 Å². The Labute approximate surface area is 145 Å². The largest absolute Gasteiger partial charge is 0.347 e. The van der Waals surface area contributed by atoms with Crippen molar-refractivity contribution in [2.75, 3.05) is 13.1 Å². The molecule has 1 amide bonds. The van der Waals surface area contributed by atoms with Crippen LogP contribution in [0.3, 0.4) is 0 Å². The first-order valence-corrected chi connectivity index (χ1v) is 8.08. The lowest BCUT2D eigenvalue weighted by Gasteiger charge is -2.35. The summed E-state index contributed by atoms with van der Waals surface area (Å²) in [5, 5.41) is 8.74. The zero-order chi connectivity index (χ0) is 14.9. The fourth-order valence-electron chi connectivity index (χ4n) is 2.81. The van der Waals surface area contributed by atoms with E-state index in [0.717, 1.165) is 46.7 Å². The Balaban J connectivity index is 0.00000176. The van der Waals surface area contributed by atoms with E-state index in [4.69, 9.17) is 0 Å². The first-order chi connectivity index (χ1) is 10.1. The number of carbonyl (C=O) groups is 1. The average molecular weight is 384 g/mol. The van der Waals surface area contributed by atoms with Gasteiger partial charge in [0, 0.05) is 15.6 Å². The molecule has 0 unspecified atom stereocenters. The summed E-state index contributed by atoms with van der Waals surface area (Å²) in [4.78, 5) is 12.5. The van der Waals surface area contributed by atoms with Gasteiger partial charge in [-0.25, -0.2) is 0 Å². The highest BCUT2D eigenvalue weighted by Gasteiger charge is 2.28. The van der Waals surface area contributed by atoms with Crippen molar-refractivity contribution >= 4 is 45.0 Å². The minimum absolute atomic E-state index is 0. The van der Waals surface area contributed by atoms with Gasteiger partial charge in [0.2, 0.25) is 0 Å². The third-order valence-electron chi connectivity index (χ3n) is 4.19. The number of amides is 1. The molecular formula is C17H20BrClN2O. The quantitative estimate of drug-likeness (QED) is 0.826. The molecule has 118 valence electrons. The molecule has 22 heavy (non-hydrogen) atoms. The summed E-state index contributed by atoms with van der Waals surface area (Å²) in [6, 6.07) is 11.9. The van der Waals surface area contributed by atoms with Gasteiger partial charge >= 0.3 is 0 Å². The van der Waals surface area contributed by atoms with Gasteiger partial charge in [0.15, 0.2) is 0 Å². The summed E-state index contributed by atoms with van der Waals surface area (Å²) in [7, 11) is 0. The summed E-state index contributed by atoms with van der Waals surface area (Å²) in [5.74, 6) is 0.0178. The SMILES string of the molecule is CC1(NC(=O)c2ccc3cc(Br)ccc3c2)CCNCC1.Cl. The Kier molecular flexibility index (Phi) is 5.48. The summed E-state index contributed by atoms with van der Waals surface area (Å²) in [6.07, 6.45) is 1.94.